The minimum atomic E-state index is -0.673. The third-order valence-electron chi connectivity index (χ3n) is 3.89. The Kier molecular flexibility index (Phi) is 4.22. The van der Waals surface area contributed by atoms with Crippen molar-refractivity contribution < 1.29 is 28.6 Å². The van der Waals surface area contributed by atoms with Gasteiger partial charge in [-0.05, 0) is 12.1 Å². The quantitative estimate of drug-likeness (QED) is 0.809. The van der Waals surface area contributed by atoms with E-state index in [1.807, 2.05) is 0 Å². The molecular weight excluding hydrogens is 316 g/mol. The van der Waals surface area contributed by atoms with Gasteiger partial charge < -0.3 is 24.4 Å². The van der Waals surface area contributed by atoms with Gasteiger partial charge in [0.1, 0.15) is 12.4 Å². The molecule has 3 rings (SSSR count). The van der Waals surface area contributed by atoms with Crippen molar-refractivity contribution in [1.82, 2.24) is 0 Å². The summed E-state index contributed by atoms with van der Waals surface area (Å²) in [4.78, 5) is 37.5. The summed E-state index contributed by atoms with van der Waals surface area (Å²) >= 11 is 0. The Morgan fingerprint density at radius 1 is 1.21 bits per heavy atom. The third kappa shape index (κ3) is 2.61. The molecule has 0 radical (unpaired) electrons. The SMILES string of the molecule is COC(=O)C1=C(C(=O)OC)N(c2cccc3c2CC(=O)N3)COC1. The molecule has 0 fully saturated rings. The summed E-state index contributed by atoms with van der Waals surface area (Å²) in [6, 6.07) is 5.28. The maximum atomic E-state index is 12.3. The Bertz CT molecular complexity index is 755. The van der Waals surface area contributed by atoms with Crippen molar-refractivity contribution in [3.05, 3.63) is 35.0 Å². The number of anilines is 2. The fourth-order valence-electron chi connectivity index (χ4n) is 2.82. The number of fused-ring (bicyclic) bond motifs is 1. The standard InChI is InChI=1S/C16H16N2O6/c1-22-15(20)10-7-24-8-18(14(10)16(21)23-2)12-5-3-4-11-9(12)6-13(19)17-11/h3-5H,6-8H2,1-2H3,(H,17,19). The summed E-state index contributed by atoms with van der Waals surface area (Å²) in [5.74, 6) is -1.47. The Labute approximate surface area is 138 Å². The first-order valence-electron chi connectivity index (χ1n) is 7.23. The van der Waals surface area contributed by atoms with E-state index < -0.39 is 11.9 Å². The second-order valence-corrected chi connectivity index (χ2v) is 5.24. The lowest BCUT2D eigenvalue weighted by atomic mass is 10.1. The normalized spacial score (nSPS) is 16.6. The summed E-state index contributed by atoms with van der Waals surface area (Å²) in [5, 5.41) is 2.75. The average Bonchev–Trinajstić information content (AvgIpc) is 2.99. The van der Waals surface area contributed by atoms with E-state index in [0.717, 1.165) is 5.56 Å². The molecule has 2 heterocycles. The number of amides is 1. The highest BCUT2D eigenvalue weighted by Crippen LogP contribution is 2.36. The van der Waals surface area contributed by atoms with E-state index in [9.17, 15) is 14.4 Å². The maximum Gasteiger partial charge on any atom is 0.355 e. The van der Waals surface area contributed by atoms with Gasteiger partial charge in [0, 0.05) is 16.9 Å². The van der Waals surface area contributed by atoms with Gasteiger partial charge in [0.05, 0.1) is 32.8 Å². The van der Waals surface area contributed by atoms with E-state index in [1.54, 1.807) is 18.2 Å². The van der Waals surface area contributed by atoms with Gasteiger partial charge in [-0.3, -0.25) is 4.79 Å². The molecule has 0 saturated carbocycles. The molecule has 0 aromatic heterocycles. The first-order chi connectivity index (χ1) is 11.6. The molecule has 0 aliphatic carbocycles. The second kappa shape index (κ2) is 6.32. The molecule has 2 aliphatic rings. The van der Waals surface area contributed by atoms with Crippen molar-refractivity contribution in [3.63, 3.8) is 0 Å². The van der Waals surface area contributed by atoms with E-state index >= 15 is 0 Å². The summed E-state index contributed by atoms with van der Waals surface area (Å²) < 4.78 is 15.0. The predicted molar refractivity (Wildman–Crippen MR) is 83.1 cm³/mol. The molecule has 1 amide bonds. The van der Waals surface area contributed by atoms with Gasteiger partial charge in [0.2, 0.25) is 5.91 Å². The largest absolute Gasteiger partial charge is 0.466 e. The van der Waals surface area contributed by atoms with Gasteiger partial charge in [-0.1, -0.05) is 6.07 Å². The van der Waals surface area contributed by atoms with E-state index in [0.29, 0.717) is 11.4 Å². The molecule has 1 aromatic rings. The van der Waals surface area contributed by atoms with Crippen molar-refractivity contribution in [2.75, 3.05) is 37.8 Å². The van der Waals surface area contributed by atoms with Crippen LogP contribution in [0, 0.1) is 0 Å². The average molecular weight is 332 g/mol. The number of methoxy groups -OCH3 is 2. The zero-order valence-electron chi connectivity index (χ0n) is 13.3. The molecule has 8 heteroatoms. The number of hydrogen-bond donors (Lipinski definition) is 1. The van der Waals surface area contributed by atoms with Crippen LogP contribution < -0.4 is 10.2 Å². The fourth-order valence-corrected chi connectivity index (χ4v) is 2.82. The number of esters is 2. The number of benzene rings is 1. The van der Waals surface area contributed by atoms with E-state index in [-0.39, 0.29) is 36.9 Å². The Morgan fingerprint density at radius 2 is 1.96 bits per heavy atom. The fraction of sp³-hybridized carbons (Fsp3) is 0.312. The topological polar surface area (TPSA) is 94.2 Å². The monoisotopic (exact) mass is 332 g/mol. The van der Waals surface area contributed by atoms with Gasteiger partial charge in [0.25, 0.3) is 0 Å². The minimum Gasteiger partial charge on any atom is -0.466 e. The molecule has 0 saturated heterocycles. The highest BCUT2D eigenvalue weighted by atomic mass is 16.5. The van der Waals surface area contributed by atoms with Gasteiger partial charge in [-0.25, -0.2) is 9.59 Å². The number of rotatable bonds is 3. The van der Waals surface area contributed by atoms with Gasteiger partial charge in [-0.15, -0.1) is 0 Å². The van der Waals surface area contributed by atoms with Crippen LogP contribution in [0.1, 0.15) is 5.56 Å². The Hall–Kier alpha value is -2.87. The summed E-state index contributed by atoms with van der Waals surface area (Å²) in [6.07, 6.45) is 0.185. The molecule has 126 valence electrons. The smallest absolute Gasteiger partial charge is 0.355 e. The third-order valence-corrected chi connectivity index (χ3v) is 3.89. The second-order valence-electron chi connectivity index (χ2n) is 5.24. The molecule has 1 aromatic carbocycles. The van der Waals surface area contributed by atoms with Crippen LogP contribution in [0.2, 0.25) is 0 Å². The number of ether oxygens (including phenoxy) is 3. The van der Waals surface area contributed by atoms with E-state index in [4.69, 9.17) is 14.2 Å². The van der Waals surface area contributed by atoms with Crippen LogP contribution >= 0.6 is 0 Å². The van der Waals surface area contributed by atoms with Crippen LogP contribution in [0.15, 0.2) is 29.5 Å². The van der Waals surface area contributed by atoms with Crippen LogP contribution in [0.25, 0.3) is 0 Å². The van der Waals surface area contributed by atoms with Crippen molar-refractivity contribution in [3.8, 4) is 0 Å². The first-order valence-corrected chi connectivity index (χ1v) is 7.23. The van der Waals surface area contributed by atoms with Crippen LogP contribution in [0.3, 0.4) is 0 Å². The predicted octanol–water partition coefficient (Wildman–Crippen LogP) is 0.575. The van der Waals surface area contributed by atoms with Crippen LogP contribution in [-0.2, 0) is 35.0 Å². The van der Waals surface area contributed by atoms with Crippen LogP contribution in [0.5, 0.6) is 0 Å². The summed E-state index contributed by atoms with van der Waals surface area (Å²) in [5.41, 5.74) is 2.15. The molecule has 24 heavy (non-hydrogen) atoms. The molecule has 1 N–H and O–H groups in total. The number of hydrogen-bond acceptors (Lipinski definition) is 7. The van der Waals surface area contributed by atoms with Crippen molar-refractivity contribution >= 4 is 29.2 Å². The summed E-state index contributed by atoms with van der Waals surface area (Å²) in [7, 11) is 2.46. The molecule has 0 atom stereocenters. The van der Waals surface area contributed by atoms with Crippen molar-refractivity contribution in [1.29, 1.82) is 0 Å². The highest BCUT2D eigenvalue weighted by Gasteiger charge is 2.34. The van der Waals surface area contributed by atoms with Crippen LogP contribution in [-0.4, -0.2) is 45.4 Å². The molecule has 0 bridgehead atoms. The van der Waals surface area contributed by atoms with Gasteiger partial charge in [-0.2, -0.15) is 0 Å². The highest BCUT2D eigenvalue weighted by molar-refractivity contribution is 6.05. The molecular formula is C16H16N2O6. The Morgan fingerprint density at radius 3 is 2.67 bits per heavy atom. The van der Waals surface area contributed by atoms with Crippen molar-refractivity contribution in [2.24, 2.45) is 0 Å². The first kappa shape index (κ1) is 16.0. The van der Waals surface area contributed by atoms with E-state index in [1.165, 1.54) is 19.1 Å². The Balaban J connectivity index is 2.13. The molecule has 0 unspecified atom stereocenters. The number of nitrogens with zero attached hydrogens (tertiary/aromatic N) is 1. The zero-order chi connectivity index (χ0) is 17.3. The summed E-state index contributed by atoms with van der Waals surface area (Å²) in [6.45, 7) is -0.00458. The lowest BCUT2D eigenvalue weighted by molar-refractivity contribution is -0.140. The maximum absolute atomic E-state index is 12.3. The number of carbonyl (C=O) groups excluding carboxylic acids is 3. The van der Waals surface area contributed by atoms with E-state index in [2.05, 4.69) is 5.32 Å². The van der Waals surface area contributed by atoms with Crippen LogP contribution in [0.4, 0.5) is 11.4 Å². The zero-order valence-corrected chi connectivity index (χ0v) is 13.3. The lowest BCUT2D eigenvalue weighted by Gasteiger charge is -2.32. The van der Waals surface area contributed by atoms with Crippen molar-refractivity contribution in [2.45, 2.75) is 6.42 Å². The molecule has 0 spiro atoms. The van der Waals surface area contributed by atoms with Gasteiger partial charge >= 0.3 is 11.9 Å². The number of carbonyl (C=O) groups is 3. The molecule has 2 aliphatic heterocycles. The van der Waals surface area contributed by atoms with Gasteiger partial charge in [0.15, 0.2) is 0 Å². The minimum absolute atomic E-state index is 0.0512. The number of nitrogens with one attached hydrogen (secondary N) is 1. The molecule has 8 nitrogen and oxygen atoms in total. The lowest BCUT2D eigenvalue weighted by Crippen LogP contribution is -2.39.